The van der Waals surface area contributed by atoms with Crippen LogP contribution in [-0.4, -0.2) is 22.9 Å². The molecule has 20 heavy (non-hydrogen) atoms. The van der Waals surface area contributed by atoms with Gasteiger partial charge in [-0.3, -0.25) is 4.68 Å². The zero-order valence-corrected chi connectivity index (χ0v) is 13.3. The van der Waals surface area contributed by atoms with Gasteiger partial charge in [0.25, 0.3) is 0 Å². The van der Waals surface area contributed by atoms with Crippen molar-refractivity contribution in [3.05, 3.63) is 18.0 Å². The van der Waals surface area contributed by atoms with Gasteiger partial charge in [-0.05, 0) is 63.1 Å². The molecular weight excluding hydrogens is 246 g/mol. The Labute approximate surface area is 124 Å². The molecule has 1 heterocycles. The molecule has 0 radical (unpaired) electrons. The summed E-state index contributed by atoms with van der Waals surface area (Å²) in [5, 5.41) is 8.07. The van der Waals surface area contributed by atoms with E-state index in [1.165, 1.54) is 57.1 Å². The Balaban J connectivity index is 1.92. The number of aromatic nitrogens is 2. The first-order chi connectivity index (χ1) is 9.83. The van der Waals surface area contributed by atoms with E-state index in [2.05, 4.69) is 41.3 Å². The first-order valence-electron chi connectivity index (χ1n) is 8.55. The molecule has 1 fully saturated rings. The minimum Gasteiger partial charge on any atom is -0.316 e. The minimum absolute atomic E-state index is 0.844. The lowest BCUT2D eigenvalue weighted by Crippen LogP contribution is -2.29. The lowest BCUT2D eigenvalue weighted by atomic mass is 9.84. The summed E-state index contributed by atoms with van der Waals surface area (Å²) in [5.74, 6) is 1.70. The van der Waals surface area contributed by atoms with E-state index in [9.17, 15) is 0 Å². The molecule has 3 heteroatoms. The summed E-state index contributed by atoms with van der Waals surface area (Å²) in [4.78, 5) is 0. The number of rotatable bonds is 7. The highest BCUT2D eigenvalue weighted by atomic mass is 15.3. The number of nitrogens with one attached hydrogen (secondary N) is 1. The predicted octanol–water partition coefficient (Wildman–Crippen LogP) is 3.64. The van der Waals surface area contributed by atoms with Crippen LogP contribution in [0.2, 0.25) is 0 Å². The van der Waals surface area contributed by atoms with Crippen LogP contribution < -0.4 is 5.32 Å². The molecule has 2 unspecified atom stereocenters. The molecule has 1 N–H and O–H groups in total. The molecule has 1 aromatic rings. The summed E-state index contributed by atoms with van der Waals surface area (Å²) >= 11 is 0. The van der Waals surface area contributed by atoms with Crippen molar-refractivity contribution in [2.75, 3.05) is 13.1 Å². The maximum Gasteiger partial charge on any atom is 0.0521 e. The van der Waals surface area contributed by atoms with Gasteiger partial charge in [0.15, 0.2) is 0 Å². The van der Waals surface area contributed by atoms with Gasteiger partial charge in [-0.15, -0.1) is 0 Å². The molecule has 0 aliphatic heterocycles. The topological polar surface area (TPSA) is 29.9 Å². The lowest BCUT2D eigenvalue weighted by Gasteiger charge is -2.25. The largest absolute Gasteiger partial charge is 0.316 e. The molecule has 0 saturated heterocycles. The maximum absolute atomic E-state index is 4.43. The van der Waals surface area contributed by atoms with Gasteiger partial charge in [0.05, 0.1) is 6.20 Å². The Morgan fingerprint density at radius 1 is 1.20 bits per heavy atom. The van der Waals surface area contributed by atoms with Gasteiger partial charge in [0.2, 0.25) is 0 Å². The molecule has 2 rings (SSSR count). The van der Waals surface area contributed by atoms with Gasteiger partial charge in [-0.25, -0.2) is 0 Å². The monoisotopic (exact) mass is 277 g/mol. The van der Waals surface area contributed by atoms with E-state index in [0.29, 0.717) is 0 Å². The molecule has 114 valence electrons. The third-order valence-corrected chi connectivity index (χ3v) is 4.66. The molecule has 1 aromatic heterocycles. The second-order valence-electron chi connectivity index (χ2n) is 6.27. The van der Waals surface area contributed by atoms with Gasteiger partial charge < -0.3 is 5.32 Å². The summed E-state index contributed by atoms with van der Waals surface area (Å²) in [6.07, 6.45) is 13.8. The van der Waals surface area contributed by atoms with Crippen molar-refractivity contribution >= 4 is 0 Å². The molecule has 0 amide bonds. The van der Waals surface area contributed by atoms with Crippen LogP contribution in [0.5, 0.6) is 0 Å². The molecule has 0 aromatic carbocycles. The molecule has 0 bridgehead atoms. The van der Waals surface area contributed by atoms with Crippen molar-refractivity contribution in [1.29, 1.82) is 0 Å². The number of aryl methyl sites for hydroxylation is 1. The summed E-state index contributed by atoms with van der Waals surface area (Å²) in [5.41, 5.74) is 1.43. The average molecular weight is 277 g/mol. The fraction of sp³-hybridized carbons (Fsp3) is 0.824. The van der Waals surface area contributed by atoms with E-state index >= 15 is 0 Å². The summed E-state index contributed by atoms with van der Waals surface area (Å²) in [6.45, 7) is 7.75. The molecule has 1 saturated carbocycles. The van der Waals surface area contributed by atoms with Gasteiger partial charge in [0.1, 0.15) is 0 Å². The summed E-state index contributed by atoms with van der Waals surface area (Å²) in [6, 6.07) is 0. The fourth-order valence-corrected chi connectivity index (χ4v) is 3.45. The third-order valence-electron chi connectivity index (χ3n) is 4.66. The number of hydrogen-bond acceptors (Lipinski definition) is 2. The van der Waals surface area contributed by atoms with Crippen LogP contribution in [-0.2, 0) is 13.0 Å². The maximum atomic E-state index is 4.43. The Hall–Kier alpha value is -0.830. The van der Waals surface area contributed by atoms with Crippen molar-refractivity contribution in [2.24, 2.45) is 11.8 Å². The van der Waals surface area contributed by atoms with Crippen LogP contribution in [0.4, 0.5) is 0 Å². The molecule has 3 nitrogen and oxygen atoms in total. The zero-order valence-electron chi connectivity index (χ0n) is 13.3. The highest BCUT2D eigenvalue weighted by molar-refractivity contribution is 5.05. The standard InChI is InChI=1S/C17H31N3/c1-3-10-18-13-17-9-7-5-6-8-16(17)11-15-12-19-20(4-2)14-15/h12,14,16-18H,3-11,13H2,1-2H3. The average Bonchev–Trinajstić information content (AvgIpc) is 2.80. The first-order valence-corrected chi connectivity index (χ1v) is 8.55. The number of nitrogens with zero attached hydrogens (tertiary/aromatic N) is 2. The molecular formula is C17H31N3. The third kappa shape index (κ3) is 4.62. The van der Waals surface area contributed by atoms with Crippen LogP contribution in [0.15, 0.2) is 12.4 Å². The smallest absolute Gasteiger partial charge is 0.0521 e. The van der Waals surface area contributed by atoms with E-state index < -0.39 is 0 Å². The van der Waals surface area contributed by atoms with Gasteiger partial charge in [0, 0.05) is 12.7 Å². The Morgan fingerprint density at radius 3 is 2.70 bits per heavy atom. The van der Waals surface area contributed by atoms with Crippen molar-refractivity contribution < 1.29 is 0 Å². The number of hydrogen-bond donors (Lipinski definition) is 1. The van der Waals surface area contributed by atoms with E-state index in [1.807, 2.05) is 0 Å². The van der Waals surface area contributed by atoms with Crippen molar-refractivity contribution in [1.82, 2.24) is 15.1 Å². The Morgan fingerprint density at radius 2 is 2.00 bits per heavy atom. The van der Waals surface area contributed by atoms with Gasteiger partial charge in [-0.1, -0.05) is 26.2 Å². The predicted molar refractivity (Wildman–Crippen MR) is 84.8 cm³/mol. The SMILES string of the molecule is CCCNCC1CCCCCC1Cc1cnn(CC)c1. The normalized spacial score (nSPS) is 23.7. The second kappa shape index (κ2) is 8.46. The van der Waals surface area contributed by atoms with Gasteiger partial charge in [-0.2, -0.15) is 5.10 Å². The molecule has 1 aliphatic carbocycles. The molecule has 2 atom stereocenters. The summed E-state index contributed by atoms with van der Waals surface area (Å²) < 4.78 is 2.05. The van der Waals surface area contributed by atoms with Crippen molar-refractivity contribution in [3.63, 3.8) is 0 Å². The van der Waals surface area contributed by atoms with Crippen LogP contribution >= 0.6 is 0 Å². The van der Waals surface area contributed by atoms with E-state index in [-0.39, 0.29) is 0 Å². The van der Waals surface area contributed by atoms with E-state index in [4.69, 9.17) is 0 Å². The highest BCUT2D eigenvalue weighted by Gasteiger charge is 2.23. The van der Waals surface area contributed by atoms with Crippen molar-refractivity contribution in [2.45, 2.75) is 65.3 Å². The van der Waals surface area contributed by atoms with Gasteiger partial charge >= 0.3 is 0 Å². The van der Waals surface area contributed by atoms with E-state index in [1.54, 1.807) is 0 Å². The Kier molecular flexibility index (Phi) is 6.58. The van der Waals surface area contributed by atoms with Crippen molar-refractivity contribution in [3.8, 4) is 0 Å². The van der Waals surface area contributed by atoms with Crippen LogP contribution in [0, 0.1) is 11.8 Å². The molecule has 0 spiro atoms. The highest BCUT2D eigenvalue weighted by Crippen LogP contribution is 2.31. The molecule has 1 aliphatic rings. The zero-order chi connectivity index (χ0) is 14.2. The fourth-order valence-electron chi connectivity index (χ4n) is 3.45. The van der Waals surface area contributed by atoms with Crippen LogP contribution in [0.25, 0.3) is 0 Å². The lowest BCUT2D eigenvalue weighted by molar-refractivity contribution is 0.298. The first kappa shape index (κ1) is 15.6. The second-order valence-corrected chi connectivity index (χ2v) is 6.27. The minimum atomic E-state index is 0.844. The Bertz CT molecular complexity index is 372. The summed E-state index contributed by atoms with van der Waals surface area (Å²) in [7, 11) is 0. The van der Waals surface area contributed by atoms with Crippen LogP contribution in [0.1, 0.15) is 57.9 Å². The quantitative estimate of drug-likeness (QED) is 0.609. The van der Waals surface area contributed by atoms with Crippen LogP contribution in [0.3, 0.4) is 0 Å². The van der Waals surface area contributed by atoms with E-state index in [0.717, 1.165) is 24.9 Å².